The Balaban J connectivity index is 1.49. The predicted octanol–water partition coefficient (Wildman–Crippen LogP) is 1.16. The van der Waals surface area contributed by atoms with E-state index in [1.165, 1.54) is 4.90 Å². The van der Waals surface area contributed by atoms with Crippen LogP contribution in [-0.2, 0) is 14.3 Å². The van der Waals surface area contributed by atoms with E-state index in [1.807, 2.05) is 0 Å². The molecule has 0 bridgehead atoms. The van der Waals surface area contributed by atoms with Gasteiger partial charge in [-0.3, -0.25) is 14.5 Å². The van der Waals surface area contributed by atoms with Crippen molar-refractivity contribution >= 4 is 23.5 Å². The maximum atomic E-state index is 12.9. The van der Waals surface area contributed by atoms with E-state index >= 15 is 0 Å². The third-order valence-corrected chi connectivity index (χ3v) is 5.91. The summed E-state index contributed by atoms with van der Waals surface area (Å²) in [6, 6.07) is 4.88. The molecular weight excluding hydrogens is 378 g/mol. The van der Waals surface area contributed by atoms with E-state index in [2.05, 4.69) is 5.32 Å². The molecule has 1 aromatic rings. The lowest BCUT2D eigenvalue weighted by atomic mass is 9.90. The SMILES string of the molecule is COc1ccc(OC)c(N2CC(CN3C(=O)NC4(CCOCC4)C3=O)CC2=O)c1. The van der Waals surface area contributed by atoms with Gasteiger partial charge in [0.1, 0.15) is 17.0 Å². The summed E-state index contributed by atoms with van der Waals surface area (Å²) in [7, 11) is 3.10. The van der Waals surface area contributed by atoms with Crippen molar-refractivity contribution in [1.82, 2.24) is 10.2 Å². The molecule has 1 spiro atoms. The lowest BCUT2D eigenvalue weighted by Crippen LogP contribution is -2.51. The predicted molar refractivity (Wildman–Crippen MR) is 103 cm³/mol. The minimum absolute atomic E-state index is 0.0746. The van der Waals surface area contributed by atoms with Gasteiger partial charge in [0.25, 0.3) is 5.91 Å². The highest BCUT2D eigenvalue weighted by molar-refractivity contribution is 6.07. The van der Waals surface area contributed by atoms with Crippen molar-refractivity contribution in [2.24, 2.45) is 5.92 Å². The number of urea groups is 1. The number of anilines is 1. The normalized spacial score (nSPS) is 23.7. The first-order valence-corrected chi connectivity index (χ1v) is 9.71. The van der Waals surface area contributed by atoms with Crippen LogP contribution in [0.1, 0.15) is 19.3 Å². The molecule has 9 heteroatoms. The highest BCUT2D eigenvalue weighted by atomic mass is 16.5. The highest BCUT2D eigenvalue weighted by Crippen LogP contribution is 2.37. The molecule has 1 atom stereocenters. The number of methoxy groups -OCH3 is 2. The molecule has 0 aliphatic carbocycles. The molecule has 9 nitrogen and oxygen atoms in total. The van der Waals surface area contributed by atoms with Crippen molar-refractivity contribution in [2.45, 2.75) is 24.8 Å². The lowest BCUT2D eigenvalue weighted by Gasteiger charge is -2.30. The van der Waals surface area contributed by atoms with E-state index in [-0.39, 0.29) is 36.7 Å². The molecular formula is C20H25N3O6. The lowest BCUT2D eigenvalue weighted by molar-refractivity contribution is -0.135. The minimum atomic E-state index is -0.854. The number of benzene rings is 1. The Morgan fingerprint density at radius 2 is 1.93 bits per heavy atom. The van der Waals surface area contributed by atoms with E-state index < -0.39 is 5.54 Å². The van der Waals surface area contributed by atoms with Gasteiger partial charge in [-0.25, -0.2) is 4.79 Å². The van der Waals surface area contributed by atoms with Crippen molar-refractivity contribution in [1.29, 1.82) is 0 Å². The maximum absolute atomic E-state index is 12.9. The van der Waals surface area contributed by atoms with Crippen LogP contribution in [0.2, 0.25) is 0 Å². The van der Waals surface area contributed by atoms with Crippen LogP contribution >= 0.6 is 0 Å². The average Bonchev–Trinajstić information content (AvgIpc) is 3.20. The Hall–Kier alpha value is -2.81. The summed E-state index contributed by atoms with van der Waals surface area (Å²) >= 11 is 0. The quantitative estimate of drug-likeness (QED) is 0.741. The van der Waals surface area contributed by atoms with Crippen LogP contribution in [-0.4, -0.2) is 68.8 Å². The number of ether oxygens (including phenoxy) is 3. The second-order valence-electron chi connectivity index (χ2n) is 7.65. The monoisotopic (exact) mass is 403 g/mol. The molecule has 3 heterocycles. The topological polar surface area (TPSA) is 97.4 Å². The second kappa shape index (κ2) is 7.55. The average molecular weight is 403 g/mol. The molecule has 0 aromatic heterocycles. The first-order chi connectivity index (χ1) is 14.0. The van der Waals surface area contributed by atoms with Gasteiger partial charge >= 0.3 is 6.03 Å². The summed E-state index contributed by atoms with van der Waals surface area (Å²) in [5, 5.41) is 2.85. The van der Waals surface area contributed by atoms with Gasteiger partial charge < -0.3 is 24.4 Å². The zero-order valence-corrected chi connectivity index (χ0v) is 16.6. The van der Waals surface area contributed by atoms with Gasteiger partial charge in [0.05, 0.1) is 19.9 Å². The summed E-state index contributed by atoms with van der Waals surface area (Å²) in [5.41, 5.74) is -0.231. The van der Waals surface area contributed by atoms with E-state index in [0.717, 1.165) is 0 Å². The van der Waals surface area contributed by atoms with Crippen LogP contribution in [0, 0.1) is 5.92 Å². The minimum Gasteiger partial charge on any atom is -0.497 e. The number of carbonyl (C=O) groups is 3. The Labute approximate surface area is 168 Å². The van der Waals surface area contributed by atoms with E-state index in [1.54, 1.807) is 37.3 Å². The number of nitrogens with zero attached hydrogens (tertiary/aromatic N) is 2. The fourth-order valence-corrected chi connectivity index (χ4v) is 4.30. The van der Waals surface area contributed by atoms with Gasteiger partial charge in [0.2, 0.25) is 5.91 Å². The summed E-state index contributed by atoms with van der Waals surface area (Å²) in [5.74, 6) is 0.747. The standard InChI is InChI=1S/C20H25N3O6/c1-27-14-3-4-16(28-2)15(10-14)22-11-13(9-17(22)24)12-23-18(25)20(21-19(23)26)5-7-29-8-6-20/h3-4,10,13H,5-9,11-12H2,1-2H3,(H,21,26). The fourth-order valence-electron chi connectivity index (χ4n) is 4.30. The number of imide groups is 1. The fraction of sp³-hybridized carbons (Fsp3) is 0.550. The molecule has 3 aliphatic rings. The van der Waals surface area contributed by atoms with E-state index in [0.29, 0.717) is 49.8 Å². The number of rotatable bonds is 5. The molecule has 4 rings (SSSR count). The Morgan fingerprint density at radius 3 is 2.62 bits per heavy atom. The molecule has 4 amide bonds. The van der Waals surface area contributed by atoms with Crippen LogP contribution in [0.3, 0.4) is 0 Å². The number of hydrogen-bond acceptors (Lipinski definition) is 6. The zero-order valence-electron chi connectivity index (χ0n) is 16.6. The van der Waals surface area contributed by atoms with Crippen molar-refractivity contribution < 1.29 is 28.6 Å². The first-order valence-electron chi connectivity index (χ1n) is 9.71. The van der Waals surface area contributed by atoms with Crippen LogP contribution in [0.15, 0.2) is 18.2 Å². The molecule has 1 aromatic carbocycles. The van der Waals surface area contributed by atoms with Gasteiger partial charge in [0.15, 0.2) is 0 Å². The molecule has 1 unspecified atom stereocenters. The van der Waals surface area contributed by atoms with Gasteiger partial charge in [0, 0.05) is 57.6 Å². The van der Waals surface area contributed by atoms with E-state index in [4.69, 9.17) is 14.2 Å². The van der Waals surface area contributed by atoms with Crippen molar-refractivity contribution in [3.8, 4) is 11.5 Å². The third-order valence-electron chi connectivity index (χ3n) is 5.91. The smallest absolute Gasteiger partial charge is 0.325 e. The molecule has 156 valence electrons. The number of carbonyl (C=O) groups excluding carboxylic acids is 3. The number of amides is 4. The highest BCUT2D eigenvalue weighted by Gasteiger charge is 2.52. The van der Waals surface area contributed by atoms with Gasteiger partial charge in [-0.05, 0) is 12.1 Å². The largest absolute Gasteiger partial charge is 0.497 e. The summed E-state index contributed by atoms with van der Waals surface area (Å²) < 4.78 is 16.0. The number of nitrogens with one attached hydrogen (secondary N) is 1. The van der Waals surface area contributed by atoms with Crippen molar-refractivity contribution in [3.63, 3.8) is 0 Å². The van der Waals surface area contributed by atoms with Crippen molar-refractivity contribution in [2.75, 3.05) is 45.4 Å². The van der Waals surface area contributed by atoms with Gasteiger partial charge in [-0.1, -0.05) is 0 Å². The third kappa shape index (κ3) is 3.39. The van der Waals surface area contributed by atoms with Crippen LogP contribution in [0.4, 0.5) is 10.5 Å². The van der Waals surface area contributed by atoms with Gasteiger partial charge in [-0.15, -0.1) is 0 Å². The van der Waals surface area contributed by atoms with Crippen molar-refractivity contribution in [3.05, 3.63) is 18.2 Å². The molecule has 3 aliphatic heterocycles. The zero-order chi connectivity index (χ0) is 20.6. The Kier molecular flexibility index (Phi) is 5.08. The molecule has 1 N–H and O–H groups in total. The maximum Gasteiger partial charge on any atom is 0.325 e. The summed E-state index contributed by atoms with van der Waals surface area (Å²) in [6.07, 6.45) is 1.21. The molecule has 29 heavy (non-hydrogen) atoms. The molecule has 3 fully saturated rings. The Bertz CT molecular complexity index is 836. The van der Waals surface area contributed by atoms with E-state index in [9.17, 15) is 14.4 Å². The molecule has 0 radical (unpaired) electrons. The van der Waals surface area contributed by atoms with Crippen LogP contribution in [0.5, 0.6) is 11.5 Å². The molecule has 0 saturated carbocycles. The van der Waals surface area contributed by atoms with Crippen LogP contribution < -0.4 is 19.7 Å². The summed E-state index contributed by atoms with van der Waals surface area (Å²) in [6.45, 7) is 1.51. The molecule has 3 saturated heterocycles. The Morgan fingerprint density at radius 1 is 1.17 bits per heavy atom. The van der Waals surface area contributed by atoms with Crippen LogP contribution in [0.25, 0.3) is 0 Å². The summed E-state index contributed by atoms with van der Waals surface area (Å²) in [4.78, 5) is 41.0. The second-order valence-corrected chi connectivity index (χ2v) is 7.65. The van der Waals surface area contributed by atoms with Gasteiger partial charge in [-0.2, -0.15) is 0 Å². The first kappa shape index (κ1) is 19.5. The number of hydrogen-bond donors (Lipinski definition) is 1.